The lowest BCUT2D eigenvalue weighted by atomic mass is 9.88. The summed E-state index contributed by atoms with van der Waals surface area (Å²) < 4.78 is 39.0. The van der Waals surface area contributed by atoms with Gasteiger partial charge in [0.1, 0.15) is 0 Å². The molecule has 0 N–H and O–H groups in total. The highest BCUT2D eigenvalue weighted by Gasteiger charge is 2.29. The van der Waals surface area contributed by atoms with Gasteiger partial charge < -0.3 is 14.4 Å². The molecule has 30 heavy (non-hydrogen) atoms. The zero-order valence-corrected chi connectivity index (χ0v) is 17.2. The van der Waals surface area contributed by atoms with Gasteiger partial charge in [-0.15, -0.1) is 0 Å². The lowest BCUT2D eigenvalue weighted by Gasteiger charge is -2.39. The third kappa shape index (κ3) is 3.84. The molecule has 5 heteroatoms. The molecular formula is C25H25F2NO2. The number of rotatable bonds is 6. The van der Waals surface area contributed by atoms with Gasteiger partial charge in [-0.3, -0.25) is 0 Å². The molecule has 3 aromatic carbocycles. The van der Waals surface area contributed by atoms with E-state index in [0.717, 1.165) is 30.3 Å². The Hall–Kier alpha value is -3.08. The maximum Gasteiger partial charge on any atom is 0.162 e. The Labute approximate surface area is 175 Å². The number of para-hydroxylation sites is 1. The summed E-state index contributed by atoms with van der Waals surface area (Å²) in [6.45, 7) is 0.836. The van der Waals surface area contributed by atoms with E-state index in [1.807, 2.05) is 30.3 Å². The van der Waals surface area contributed by atoms with Crippen molar-refractivity contribution in [3.8, 4) is 11.5 Å². The highest BCUT2D eigenvalue weighted by Crippen LogP contribution is 2.41. The molecule has 1 unspecified atom stereocenters. The highest BCUT2D eigenvalue weighted by molar-refractivity contribution is 5.56. The minimum atomic E-state index is -0.803. The Morgan fingerprint density at radius 2 is 1.67 bits per heavy atom. The third-order valence-corrected chi connectivity index (χ3v) is 5.81. The summed E-state index contributed by atoms with van der Waals surface area (Å²) >= 11 is 0. The quantitative estimate of drug-likeness (QED) is 0.520. The van der Waals surface area contributed by atoms with Crippen LogP contribution in [0, 0.1) is 11.6 Å². The largest absolute Gasteiger partial charge is 0.493 e. The minimum Gasteiger partial charge on any atom is -0.493 e. The van der Waals surface area contributed by atoms with Crippen LogP contribution in [0.3, 0.4) is 0 Å². The fraction of sp³-hybridized carbons (Fsp3) is 0.280. The Morgan fingerprint density at radius 3 is 2.40 bits per heavy atom. The molecule has 4 rings (SSSR count). The van der Waals surface area contributed by atoms with E-state index in [-0.39, 0.29) is 6.04 Å². The molecule has 1 atom stereocenters. The first kappa shape index (κ1) is 20.2. The molecule has 0 amide bonds. The molecule has 1 aliphatic rings. The summed E-state index contributed by atoms with van der Waals surface area (Å²) in [5.74, 6) is -0.178. The summed E-state index contributed by atoms with van der Waals surface area (Å²) in [6, 6.07) is 18.6. The van der Waals surface area contributed by atoms with Crippen LogP contribution in [0.1, 0.15) is 29.2 Å². The van der Waals surface area contributed by atoms with Gasteiger partial charge in [0.05, 0.1) is 20.3 Å². The minimum absolute atomic E-state index is 0.0126. The second-order valence-electron chi connectivity index (χ2n) is 7.45. The van der Waals surface area contributed by atoms with Crippen molar-refractivity contribution in [1.82, 2.24) is 0 Å². The van der Waals surface area contributed by atoms with Gasteiger partial charge in [-0.25, -0.2) is 8.78 Å². The normalized spacial score (nSPS) is 15.6. The summed E-state index contributed by atoms with van der Waals surface area (Å²) in [5, 5.41) is 0. The molecule has 0 saturated carbocycles. The third-order valence-electron chi connectivity index (χ3n) is 5.81. The van der Waals surface area contributed by atoms with Crippen molar-refractivity contribution in [3.05, 3.63) is 89.0 Å². The molecule has 0 radical (unpaired) electrons. The summed E-state index contributed by atoms with van der Waals surface area (Å²) in [5.41, 5.74) is 3.85. The van der Waals surface area contributed by atoms with Crippen LogP contribution in [-0.4, -0.2) is 20.8 Å². The van der Waals surface area contributed by atoms with Crippen LogP contribution in [0.2, 0.25) is 0 Å². The van der Waals surface area contributed by atoms with Crippen molar-refractivity contribution >= 4 is 5.69 Å². The number of aryl methyl sites for hydroxylation is 1. The number of hydrogen-bond acceptors (Lipinski definition) is 3. The van der Waals surface area contributed by atoms with E-state index in [4.69, 9.17) is 9.47 Å². The SMILES string of the molecule is COc1cc2c(cc1OC)C(CCc1cccc(F)c1F)N(c1ccccc1)CC2. The second-order valence-corrected chi connectivity index (χ2v) is 7.45. The van der Waals surface area contributed by atoms with Gasteiger partial charge in [0.2, 0.25) is 0 Å². The van der Waals surface area contributed by atoms with Gasteiger partial charge in [-0.05, 0) is 66.3 Å². The maximum absolute atomic E-state index is 14.3. The lowest BCUT2D eigenvalue weighted by molar-refractivity contribution is 0.352. The Balaban J connectivity index is 1.73. The molecular weight excluding hydrogens is 384 g/mol. The average Bonchev–Trinajstić information content (AvgIpc) is 2.79. The first-order chi connectivity index (χ1) is 14.6. The smallest absolute Gasteiger partial charge is 0.162 e. The van der Waals surface area contributed by atoms with Gasteiger partial charge in [-0.2, -0.15) is 0 Å². The zero-order chi connectivity index (χ0) is 21.1. The van der Waals surface area contributed by atoms with Gasteiger partial charge >= 0.3 is 0 Å². The number of benzene rings is 3. The van der Waals surface area contributed by atoms with Crippen LogP contribution >= 0.6 is 0 Å². The maximum atomic E-state index is 14.3. The number of hydrogen-bond donors (Lipinski definition) is 0. The number of methoxy groups -OCH3 is 2. The molecule has 1 aliphatic heterocycles. The first-order valence-corrected chi connectivity index (χ1v) is 10.1. The lowest BCUT2D eigenvalue weighted by Crippen LogP contribution is -2.36. The first-order valence-electron chi connectivity index (χ1n) is 10.1. The van der Waals surface area contributed by atoms with Crippen molar-refractivity contribution in [1.29, 1.82) is 0 Å². The van der Waals surface area contributed by atoms with Gasteiger partial charge in [0.25, 0.3) is 0 Å². The van der Waals surface area contributed by atoms with Gasteiger partial charge in [-0.1, -0.05) is 30.3 Å². The Bertz CT molecular complexity index is 1020. The second kappa shape index (κ2) is 8.74. The Kier molecular flexibility index (Phi) is 5.88. The molecule has 0 spiro atoms. The molecule has 3 nitrogen and oxygen atoms in total. The van der Waals surface area contributed by atoms with Crippen LogP contribution in [0.4, 0.5) is 14.5 Å². The number of fused-ring (bicyclic) bond motifs is 1. The molecule has 0 aromatic heterocycles. The molecule has 3 aromatic rings. The highest BCUT2D eigenvalue weighted by atomic mass is 19.2. The van der Waals surface area contributed by atoms with E-state index >= 15 is 0 Å². The van der Waals surface area contributed by atoms with Gasteiger partial charge in [0, 0.05) is 12.2 Å². The summed E-state index contributed by atoms with van der Waals surface area (Å²) in [6.07, 6.45) is 1.96. The number of nitrogens with zero attached hydrogens (tertiary/aromatic N) is 1. The number of halogens is 2. The molecule has 0 saturated heterocycles. The summed E-state index contributed by atoms with van der Waals surface area (Å²) in [4.78, 5) is 2.34. The van der Waals surface area contributed by atoms with E-state index in [0.29, 0.717) is 29.9 Å². The van der Waals surface area contributed by atoms with E-state index in [2.05, 4.69) is 17.0 Å². The van der Waals surface area contributed by atoms with Crippen LogP contribution < -0.4 is 14.4 Å². The molecule has 156 valence electrons. The van der Waals surface area contributed by atoms with E-state index in [1.165, 1.54) is 5.56 Å². The molecule has 1 heterocycles. The zero-order valence-electron chi connectivity index (χ0n) is 17.2. The van der Waals surface area contributed by atoms with Crippen molar-refractivity contribution in [2.45, 2.75) is 25.3 Å². The van der Waals surface area contributed by atoms with E-state index in [9.17, 15) is 8.78 Å². The van der Waals surface area contributed by atoms with Crippen molar-refractivity contribution in [2.24, 2.45) is 0 Å². The Morgan fingerprint density at radius 1 is 0.933 bits per heavy atom. The van der Waals surface area contributed by atoms with Crippen LogP contribution in [0.5, 0.6) is 11.5 Å². The monoisotopic (exact) mass is 409 g/mol. The fourth-order valence-corrected chi connectivity index (χ4v) is 4.30. The average molecular weight is 409 g/mol. The fourth-order valence-electron chi connectivity index (χ4n) is 4.30. The van der Waals surface area contributed by atoms with Crippen LogP contribution in [0.15, 0.2) is 60.7 Å². The van der Waals surface area contributed by atoms with Crippen molar-refractivity contribution in [2.75, 3.05) is 25.7 Å². The van der Waals surface area contributed by atoms with E-state index < -0.39 is 11.6 Å². The predicted molar refractivity (Wildman–Crippen MR) is 114 cm³/mol. The predicted octanol–water partition coefficient (Wildman–Crippen LogP) is 5.72. The molecule has 0 fully saturated rings. The molecule has 0 aliphatic carbocycles. The number of ether oxygens (including phenoxy) is 2. The molecule has 0 bridgehead atoms. The standard InChI is InChI=1S/C25H25F2NO2/c1-29-23-15-18-13-14-28(19-8-4-3-5-9-19)22(20(18)16-24(23)30-2)12-11-17-7-6-10-21(26)25(17)27/h3-10,15-16,22H,11-14H2,1-2H3. The van der Waals surface area contributed by atoms with Crippen molar-refractivity contribution in [3.63, 3.8) is 0 Å². The van der Waals surface area contributed by atoms with Crippen LogP contribution in [-0.2, 0) is 12.8 Å². The summed E-state index contributed by atoms with van der Waals surface area (Å²) in [7, 11) is 3.26. The topological polar surface area (TPSA) is 21.7 Å². The van der Waals surface area contributed by atoms with Crippen LogP contribution in [0.25, 0.3) is 0 Å². The van der Waals surface area contributed by atoms with E-state index in [1.54, 1.807) is 26.4 Å². The van der Waals surface area contributed by atoms with Gasteiger partial charge in [0.15, 0.2) is 23.1 Å². The van der Waals surface area contributed by atoms with Crippen molar-refractivity contribution < 1.29 is 18.3 Å². The number of anilines is 1.